The number of rotatable bonds is 8. The number of hydrogen-bond acceptors (Lipinski definition) is 8. The van der Waals surface area contributed by atoms with E-state index in [1.54, 1.807) is 36.4 Å². The van der Waals surface area contributed by atoms with Gasteiger partial charge in [0.05, 0.1) is 27.2 Å². The third-order valence-corrected chi connectivity index (χ3v) is 10.9. The van der Waals surface area contributed by atoms with Gasteiger partial charge in [0.1, 0.15) is 35.1 Å². The van der Waals surface area contributed by atoms with Crippen molar-refractivity contribution in [2.24, 2.45) is 5.41 Å². The maximum Gasteiger partial charge on any atom is 0.265 e. The van der Waals surface area contributed by atoms with Gasteiger partial charge in [-0.1, -0.05) is 24.8 Å². The van der Waals surface area contributed by atoms with Crippen LogP contribution < -0.4 is 15.5 Å². The van der Waals surface area contributed by atoms with Gasteiger partial charge in [0, 0.05) is 68.3 Å². The van der Waals surface area contributed by atoms with Crippen molar-refractivity contribution in [3.8, 4) is 10.6 Å². The number of carbonyl (C=O) groups is 3. The number of likely N-dealkylation sites (N-methyl/N-ethyl adjacent to an activating group) is 1. The maximum absolute atomic E-state index is 13.8. The Bertz CT molecular complexity index is 2100. The minimum atomic E-state index is -0.842. The maximum atomic E-state index is 13.8. The molecule has 0 atom stereocenters. The molecule has 2 amide bonds. The van der Waals surface area contributed by atoms with Crippen molar-refractivity contribution in [2.75, 3.05) is 55.4 Å². The summed E-state index contributed by atoms with van der Waals surface area (Å²) < 4.78 is 46.6. The monoisotopic (exact) mass is 755 g/mol. The molecule has 13 heteroatoms. The van der Waals surface area contributed by atoms with Crippen LogP contribution in [0, 0.1) is 22.9 Å². The highest BCUT2D eigenvalue weighted by atomic mass is 32.1. The molecular formula is C41H40F3N5O4S. The second-order valence-electron chi connectivity index (χ2n) is 13.4. The first-order valence-corrected chi connectivity index (χ1v) is 18.3. The summed E-state index contributed by atoms with van der Waals surface area (Å²) in [6.45, 7) is 10.2. The highest BCUT2D eigenvalue weighted by molar-refractivity contribution is 7.17. The van der Waals surface area contributed by atoms with Gasteiger partial charge < -0.3 is 25.2 Å². The van der Waals surface area contributed by atoms with Crippen LogP contribution in [0.1, 0.15) is 45.4 Å². The van der Waals surface area contributed by atoms with E-state index in [4.69, 9.17) is 4.74 Å². The number of nitrogens with one attached hydrogen (secondary N) is 2. The summed E-state index contributed by atoms with van der Waals surface area (Å²) in [7, 11) is 1.85. The largest absolute Gasteiger partial charge is 0.381 e. The Labute approximate surface area is 315 Å². The van der Waals surface area contributed by atoms with Crippen LogP contribution in [-0.2, 0) is 16.0 Å². The van der Waals surface area contributed by atoms with Crippen LogP contribution in [0.4, 0.5) is 30.2 Å². The molecule has 1 spiro atoms. The lowest BCUT2D eigenvalue weighted by atomic mass is 9.73. The molecule has 5 heterocycles. The summed E-state index contributed by atoms with van der Waals surface area (Å²) in [6, 6.07) is 13.3. The minimum Gasteiger partial charge on any atom is -0.381 e. The zero-order valence-electron chi connectivity index (χ0n) is 30.0. The third kappa shape index (κ3) is 8.48. The van der Waals surface area contributed by atoms with Crippen molar-refractivity contribution in [3.05, 3.63) is 130 Å². The molecular weight excluding hydrogens is 716 g/mol. The van der Waals surface area contributed by atoms with E-state index in [0.29, 0.717) is 51.5 Å². The van der Waals surface area contributed by atoms with E-state index in [1.807, 2.05) is 31.0 Å². The number of aldehydes is 1. The molecule has 0 unspecified atom stereocenters. The van der Waals surface area contributed by atoms with Crippen LogP contribution in [-0.4, -0.2) is 67.9 Å². The predicted octanol–water partition coefficient (Wildman–Crippen LogP) is 8.04. The van der Waals surface area contributed by atoms with Crippen molar-refractivity contribution in [2.45, 2.75) is 26.2 Å². The van der Waals surface area contributed by atoms with Crippen LogP contribution >= 0.6 is 11.3 Å². The molecule has 280 valence electrons. The first-order valence-electron chi connectivity index (χ1n) is 17.5. The molecule has 2 saturated heterocycles. The van der Waals surface area contributed by atoms with Gasteiger partial charge in [-0.05, 0) is 80.3 Å². The van der Waals surface area contributed by atoms with E-state index in [1.165, 1.54) is 23.5 Å². The predicted molar refractivity (Wildman–Crippen MR) is 205 cm³/mol. The number of amides is 2. The Morgan fingerprint density at radius 1 is 1.02 bits per heavy atom. The number of para-hydroxylation sites is 1. The van der Waals surface area contributed by atoms with Gasteiger partial charge in [-0.15, -0.1) is 11.3 Å². The highest BCUT2D eigenvalue weighted by Gasteiger charge is 2.45. The lowest BCUT2D eigenvalue weighted by Gasteiger charge is -2.54. The fraction of sp³-hybridized carbons (Fsp3) is 0.268. The van der Waals surface area contributed by atoms with Crippen LogP contribution in [0.15, 0.2) is 96.9 Å². The molecule has 4 aromatic rings. The van der Waals surface area contributed by atoms with Crippen molar-refractivity contribution in [1.82, 2.24) is 9.88 Å². The summed E-state index contributed by atoms with van der Waals surface area (Å²) in [5.74, 6) is -2.93. The Balaban J connectivity index is 0.000000184. The van der Waals surface area contributed by atoms with Gasteiger partial charge >= 0.3 is 0 Å². The number of likely N-dealkylation sites (tertiary alicyclic amines) is 1. The quantitative estimate of drug-likeness (QED) is 0.107. The number of carbonyl (C=O) groups excluding carboxylic acids is 3. The lowest BCUT2D eigenvalue weighted by molar-refractivity contribution is -0.113. The van der Waals surface area contributed by atoms with E-state index in [0.717, 1.165) is 79.9 Å². The Hall–Kier alpha value is -5.53. The Kier molecular flexibility index (Phi) is 11.8. The molecule has 3 aliphatic rings. The first kappa shape index (κ1) is 38.2. The van der Waals surface area contributed by atoms with Gasteiger partial charge in [0.15, 0.2) is 0 Å². The third-order valence-electron chi connectivity index (χ3n) is 9.71. The van der Waals surface area contributed by atoms with E-state index >= 15 is 0 Å². The summed E-state index contributed by atoms with van der Waals surface area (Å²) in [5.41, 5.74) is 4.47. The minimum absolute atomic E-state index is 0.204. The topological polar surface area (TPSA) is 104 Å². The van der Waals surface area contributed by atoms with E-state index in [2.05, 4.69) is 27.1 Å². The van der Waals surface area contributed by atoms with Crippen molar-refractivity contribution < 1.29 is 32.3 Å². The number of anilines is 3. The number of thiophene rings is 1. The van der Waals surface area contributed by atoms with Crippen LogP contribution in [0.3, 0.4) is 0 Å². The summed E-state index contributed by atoms with van der Waals surface area (Å²) >= 11 is 1.17. The number of ether oxygens (including phenoxy) is 1. The molecule has 7 rings (SSSR count). The zero-order valence-corrected chi connectivity index (χ0v) is 30.8. The fourth-order valence-electron chi connectivity index (χ4n) is 6.61. The van der Waals surface area contributed by atoms with Crippen LogP contribution in [0.25, 0.3) is 10.6 Å². The molecule has 2 fully saturated rings. The molecule has 0 radical (unpaired) electrons. The lowest BCUT2D eigenvalue weighted by Crippen LogP contribution is -2.57. The molecule has 2 aromatic carbocycles. The molecule has 2 N–H and O–H groups in total. The summed E-state index contributed by atoms with van der Waals surface area (Å²) in [6.07, 6.45) is 10.2. The number of allylic oxidation sites excluding steroid dienone is 3. The van der Waals surface area contributed by atoms with E-state index in [-0.39, 0.29) is 5.91 Å². The average molecular weight is 756 g/mol. The fourth-order valence-corrected chi connectivity index (χ4v) is 7.72. The molecule has 9 nitrogen and oxygen atoms in total. The van der Waals surface area contributed by atoms with Crippen LogP contribution in [0.2, 0.25) is 0 Å². The van der Waals surface area contributed by atoms with Crippen LogP contribution in [0.5, 0.6) is 0 Å². The molecule has 3 aliphatic heterocycles. The molecule has 0 saturated carbocycles. The molecule has 0 bridgehead atoms. The molecule has 2 aromatic heterocycles. The highest BCUT2D eigenvalue weighted by Crippen LogP contribution is 2.43. The van der Waals surface area contributed by atoms with E-state index in [9.17, 15) is 27.6 Å². The number of benzene rings is 2. The SMILES string of the molecule is C=C(/C(=C\C=C/C)C(=O)Nc1ccc(C=O)cc1)N1CC2(CCOCC2)C1.CN1CCc2cc(C(=O)Nc3c(F)cccc3F)sc2-c2ncc(F)cc21. The van der Waals surface area contributed by atoms with E-state index < -0.39 is 29.0 Å². The average Bonchev–Trinajstić information content (AvgIpc) is 3.54. The second-order valence-corrected chi connectivity index (χ2v) is 14.5. The summed E-state index contributed by atoms with van der Waals surface area (Å²) in [4.78, 5) is 45.5. The number of halogens is 3. The number of pyridine rings is 1. The smallest absolute Gasteiger partial charge is 0.265 e. The number of nitrogens with zero attached hydrogens (tertiary/aromatic N) is 3. The molecule has 0 aliphatic carbocycles. The normalized spacial score (nSPS) is 16.0. The zero-order chi connectivity index (χ0) is 38.4. The first-order chi connectivity index (χ1) is 26.0. The summed E-state index contributed by atoms with van der Waals surface area (Å²) in [5, 5.41) is 5.18. The number of hydrogen-bond donors (Lipinski definition) is 2. The van der Waals surface area contributed by atoms with Crippen molar-refractivity contribution in [3.63, 3.8) is 0 Å². The van der Waals surface area contributed by atoms with Gasteiger partial charge in [-0.25, -0.2) is 13.2 Å². The van der Waals surface area contributed by atoms with Gasteiger partial charge in [-0.2, -0.15) is 0 Å². The number of aromatic nitrogens is 1. The van der Waals surface area contributed by atoms with Gasteiger partial charge in [0.25, 0.3) is 11.8 Å². The Morgan fingerprint density at radius 3 is 2.39 bits per heavy atom. The second kappa shape index (κ2) is 16.6. The standard InChI is InChI=1S/C22H26N2O3.C19H14F3N3OS/c1-3-4-5-20(21(26)23-19-8-6-18(14-25)7-9-19)17(2)24-15-22(16-24)10-12-27-13-11-22;1-25-6-5-10-7-15(19(26)24-16-12(21)3-2-4-13(16)22)27-18(10)17-14(25)8-11(20)9-23-17/h3-9,14H,2,10-13,15-16H2,1H3,(H,23,26);2-4,7-9H,5-6H2,1H3,(H,24,26)/b4-3-,20-5+;. The van der Waals surface area contributed by atoms with Gasteiger partial charge in [-0.3, -0.25) is 19.4 Å². The van der Waals surface area contributed by atoms with Crippen molar-refractivity contribution in [1.29, 1.82) is 0 Å². The Morgan fingerprint density at radius 2 is 1.72 bits per heavy atom. The molecule has 54 heavy (non-hydrogen) atoms. The van der Waals surface area contributed by atoms with Crippen molar-refractivity contribution >= 4 is 46.5 Å². The number of fused-ring (bicyclic) bond motifs is 3. The van der Waals surface area contributed by atoms with Gasteiger partial charge in [0.2, 0.25) is 0 Å².